The zero-order valence-electron chi connectivity index (χ0n) is 11.6. The largest absolute Gasteiger partial charge is 0.481 e. The fourth-order valence-electron chi connectivity index (χ4n) is 2.21. The molecule has 2 amide bonds. The molecule has 1 saturated heterocycles. The van der Waals surface area contributed by atoms with Crippen LogP contribution in [0.5, 0.6) is 0 Å². The molecule has 1 heterocycles. The maximum atomic E-state index is 11.9. The van der Waals surface area contributed by atoms with Crippen LogP contribution in [-0.2, 0) is 14.4 Å². The SMILES string of the molecule is CC[C@H](C[C@H]1NC(=O)[C@H](CC(C)C)NC1=O)C(=O)O. The quantitative estimate of drug-likeness (QED) is 0.655. The molecule has 108 valence electrons. The summed E-state index contributed by atoms with van der Waals surface area (Å²) in [5.41, 5.74) is 0. The molecule has 0 aromatic carbocycles. The van der Waals surface area contributed by atoms with Crippen molar-refractivity contribution in [2.75, 3.05) is 0 Å². The van der Waals surface area contributed by atoms with Crippen LogP contribution in [0.3, 0.4) is 0 Å². The normalized spacial score (nSPS) is 24.8. The van der Waals surface area contributed by atoms with E-state index in [1.165, 1.54) is 0 Å². The van der Waals surface area contributed by atoms with E-state index in [4.69, 9.17) is 5.11 Å². The van der Waals surface area contributed by atoms with E-state index in [2.05, 4.69) is 10.6 Å². The Morgan fingerprint density at radius 2 is 1.63 bits per heavy atom. The molecule has 1 fully saturated rings. The summed E-state index contributed by atoms with van der Waals surface area (Å²) in [5.74, 6) is -1.76. The second-order valence-corrected chi connectivity index (χ2v) is 5.43. The molecular weight excluding hydrogens is 248 g/mol. The topological polar surface area (TPSA) is 95.5 Å². The van der Waals surface area contributed by atoms with Crippen LogP contribution in [-0.4, -0.2) is 35.0 Å². The molecule has 3 atom stereocenters. The Morgan fingerprint density at radius 1 is 1.16 bits per heavy atom. The van der Waals surface area contributed by atoms with Gasteiger partial charge in [0.1, 0.15) is 12.1 Å². The van der Waals surface area contributed by atoms with Crippen LogP contribution in [0.4, 0.5) is 0 Å². The van der Waals surface area contributed by atoms with Crippen LogP contribution in [0.2, 0.25) is 0 Å². The molecule has 1 aliphatic rings. The maximum absolute atomic E-state index is 11.9. The minimum absolute atomic E-state index is 0.137. The zero-order valence-corrected chi connectivity index (χ0v) is 11.6. The Bertz CT molecular complexity index is 368. The minimum atomic E-state index is -0.936. The Kier molecular flexibility index (Phi) is 5.32. The van der Waals surface area contributed by atoms with Gasteiger partial charge in [0.2, 0.25) is 11.8 Å². The van der Waals surface area contributed by atoms with Crippen LogP contribution in [0.1, 0.15) is 40.0 Å². The third-order valence-corrected chi connectivity index (χ3v) is 3.34. The van der Waals surface area contributed by atoms with Gasteiger partial charge in [-0.1, -0.05) is 20.8 Å². The predicted octanol–water partition coefficient (Wildman–Crippen LogP) is 0.517. The number of aliphatic carboxylic acids is 1. The van der Waals surface area contributed by atoms with Crippen molar-refractivity contribution in [1.82, 2.24) is 10.6 Å². The Morgan fingerprint density at radius 3 is 2.00 bits per heavy atom. The summed E-state index contributed by atoms with van der Waals surface area (Å²) in [6.07, 6.45) is 1.16. The van der Waals surface area contributed by atoms with Crippen molar-refractivity contribution < 1.29 is 19.5 Å². The highest BCUT2D eigenvalue weighted by Gasteiger charge is 2.35. The Hall–Kier alpha value is -1.59. The van der Waals surface area contributed by atoms with Gasteiger partial charge in [0.05, 0.1) is 5.92 Å². The van der Waals surface area contributed by atoms with E-state index in [-0.39, 0.29) is 18.2 Å². The number of carboxylic acids is 1. The monoisotopic (exact) mass is 270 g/mol. The first kappa shape index (κ1) is 15.5. The summed E-state index contributed by atoms with van der Waals surface area (Å²) in [6.45, 7) is 5.70. The van der Waals surface area contributed by atoms with Gasteiger partial charge in [-0.25, -0.2) is 0 Å². The van der Waals surface area contributed by atoms with Gasteiger partial charge in [-0.05, 0) is 25.2 Å². The fraction of sp³-hybridized carbons (Fsp3) is 0.769. The molecule has 0 spiro atoms. The van der Waals surface area contributed by atoms with Gasteiger partial charge in [-0.15, -0.1) is 0 Å². The second-order valence-electron chi connectivity index (χ2n) is 5.43. The molecule has 6 heteroatoms. The summed E-state index contributed by atoms with van der Waals surface area (Å²) in [6, 6.07) is -1.24. The number of rotatable bonds is 6. The highest BCUT2D eigenvalue weighted by atomic mass is 16.4. The summed E-state index contributed by atoms with van der Waals surface area (Å²) < 4.78 is 0. The van der Waals surface area contributed by atoms with Gasteiger partial charge in [0.15, 0.2) is 0 Å². The van der Waals surface area contributed by atoms with E-state index in [0.29, 0.717) is 18.8 Å². The summed E-state index contributed by atoms with van der Waals surface area (Å²) >= 11 is 0. The number of carbonyl (C=O) groups is 3. The van der Waals surface area contributed by atoms with E-state index < -0.39 is 24.0 Å². The lowest BCUT2D eigenvalue weighted by atomic mass is 9.93. The number of nitrogens with one attached hydrogen (secondary N) is 2. The minimum Gasteiger partial charge on any atom is -0.481 e. The van der Waals surface area contributed by atoms with Gasteiger partial charge < -0.3 is 15.7 Å². The molecule has 19 heavy (non-hydrogen) atoms. The molecule has 0 radical (unpaired) electrons. The highest BCUT2D eigenvalue weighted by Crippen LogP contribution is 2.15. The molecule has 1 aliphatic heterocycles. The van der Waals surface area contributed by atoms with Crippen molar-refractivity contribution in [3.63, 3.8) is 0 Å². The Labute approximate surface area is 112 Å². The third kappa shape index (κ3) is 4.22. The number of hydrogen-bond acceptors (Lipinski definition) is 3. The fourth-order valence-corrected chi connectivity index (χ4v) is 2.21. The van der Waals surface area contributed by atoms with Crippen LogP contribution in [0.25, 0.3) is 0 Å². The average Bonchev–Trinajstić information content (AvgIpc) is 2.30. The van der Waals surface area contributed by atoms with Crippen LogP contribution in [0, 0.1) is 11.8 Å². The maximum Gasteiger partial charge on any atom is 0.306 e. The van der Waals surface area contributed by atoms with E-state index >= 15 is 0 Å². The van der Waals surface area contributed by atoms with Crippen molar-refractivity contribution in [1.29, 1.82) is 0 Å². The van der Waals surface area contributed by atoms with Gasteiger partial charge >= 0.3 is 5.97 Å². The number of carbonyl (C=O) groups excluding carboxylic acids is 2. The number of carboxylic acid groups (broad SMARTS) is 1. The van der Waals surface area contributed by atoms with Crippen LogP contribution < -0.4 is 10.6 Å². The lowest BCUT2D eigenvalue weighted by molar-refractivity contribution is -0.144. The number of hydrogen-bond donors (Lipinski definition) is 3. The lowest BCUT2D eigenvalue weighted by Crippen LogP contribution is -2.62. The Balaban J connectivity index is 2.63. The van der Waals surface area contributed by atoms with E-state index in [0.717, 1.165) is 0 Å². The lowest BCUT2D eigenvalue weighted by Gasteiger charge is -2.31. The second kappa shape index (κ2) is 6.54. The smallest absolute Gasteiger partial charge is 0.306 e. The van der Waals surface area contributed by atoms with Crippen molar-refractivity contribution in [3.8, 4) is 0 Å². The zero-order chi connectivity index (χ0) is 14.6. The first-order valence-corrected chi connectivity index (χ1v) is 6.68. The summed E-state index contributed by atoms with van der Waals surface area (Å²) in [7, 11) is 0. The standard InChI is InChI=1S/C13H22N2O4/c1-4-8(13(18)19)6-10-12(17)14-9(5-7(2)3)11(16)15-10/h7-10H,4-6H2,1-3H3,(H,14,17)(H,15,16)(H,18,19)/t8-,9+,10-/m1/s1. The van der Waals surface area contributed by atoms with Crippen molar-refractivity contribution in [3.05, 3.63) is 0 Å². The van der Waals surface area contributed by atoms with Crippen LogP contribution in [0.15, 0.2) is 0 Å². The van der Waals surface area contributed by atoms with Crippen molar-refractivity contribution in [2.45, 2.75) is 52.1 Å². The third-order valence-electron chi connectivity index (χ3n) is 3.34. The number of amides is 2. The first-order valence-electron chi connectivity index (χ1n) is 6.68. The summed E-state index contributed by atoms with van der Waals surface area (Å²) in [4.78, 5) is 34.7. The molecule has 0 bridgehead atoms. The molecule has 0 aromatic rings. The van der Waals surface area contributed by atoms with Gasteiger partial charge in [0.25, 0.3) is 0 Å². The highest BCUT2D eigenvalue weighted by molar-refractivity contribution is 5.97. The van der Waals surface area contributed by atoms with E-state index in [1.54, 1.807) is 6.92 Å². The van der Waals surface area contributed by atoms with Gasteiger partial charge in [-0.3, -0.25) is 14.4 Å². The van der Waals surface area contributed by atoms with Crippen molar-refractivity contribution in [2.24, 2.45) is 11.8 Å². The summed E-state index contributed by atoms with van der Waals surface area (Å²) in [5, 5.41) is 14.3. The number of piperazine rings is 1. The molecule has 0 saturated carbocycles. The molecule has 3 N–H and O–H groups in total. The van der Waals surface area contributed by atoms with Crippen molar-refractivity contribution >= 4 is 17.8 Å². The molecular formula is C13H22N2O4. The van der Waals surface area contributed by atoms with E-state index in [1.807, 2.05) is 13.8 Å². The van der Waals surface area contributed by atoms with Gasteiger partial charge in [-0.2, -0.15) is 0 Å². The molecule has 0 aliphatic carbocycles. The van der Waals surface area contributed by atoms with Crippen LogP contribution >= 0.6 is 0 Å². The average molecular weight is 270 g/mol. The molecule has 0 unspecified atom stereocenters. The molecule has 0 aromatic heterocycles. The molecule has 1 rings (SSSR count). The van der Waals surface area contributed by atoms with Gasteiger partial charge in [0, 0.05) is 0 Å². The predicted molar refractivity (Wildman–Crippen MR) is 69.4 cm³/mol. The van der Waals surface area contributed by atoms with E-state index in [9.17, 15) is 14.4 Å². The molecule has 6 nitrogen and oxygen atoms in total. The first-order chi connectivity index (χ1) is 8.85.